The van der Waals surface area contributed by atoms with E-state index in [0.29, 0.717) is 12.5 Å². The Balaban J connectivity index is 1.72. The van der Waals surface area contributed by atoms with Crippen LogP contribution in [0.25, 0.3) is 0 Å². The second-order valence-electron chi connectivity index (χ2n) is 6.91. The van der Waals surface area contributed by atoms with Gasteiger partial charge in [0, 0.05) is 37.6 Å². The van der Waals surface area contributed by atoms with Crippen molar-refractivity contribution >= 4 is 17.6 Å². The summed E-state index contributed by atoms with van der Waals surface area (Å²) < 4.78 is 0. The van der Waals surface area contributed by atoms with E-state index in [0.717, 1.165) is 31.7 Å². The summed E-state index contributed by atoms with van der Waals surface area (Å²) in [6.45, 7) is 7.84. The van der Waals surface area contributed by atoms with E-state index in [-0.39, 0.29) is 0 Å². The van der Waals surface area contributed by atoms with Crippen LogP contribution in [-0.4, -0.2) is 47.0 Å². The molecule has 0 aliphatic carbocycles. The summed E-state index contributed by atoms with van der Waals surface area (Å²) in [6, 6.07) is 0. The summed E-state index contributed by atoms with van der Waals surface area (Å²) in [5, 5.41) is 5.39. The molecule has 1 aliphatic rings. The quantitative estimate of drug-likeness (QED) is 0.802. The molecule has 1 aliphatic heterocycles. The maximum Gasteiger partial charge on any atom is 0.309 e. The highest BCUT2D eigenvalue weighted by molar-refractivity contribution is 6.35. The summed E-state index contributed by atoms with van der Waals surface area (Å²) in [4.78, 5) is 34.1. The summed E-state index contributed by atoms with van der Waals surface area (Å²) in [6.07, 6.45) is 7.03. The maximum atomic E-state index is 11.8. The minimum atomic E-state index is -0.575. The number of carbonyl (C=O) groups is 2. The molecular formula is C16H25N5O2. The van der Waals surface area contributed by atoms with Crippen molar-refractivity contribution in [1.82, 2.24) is 20.6 Å². The van der Waals surface area contributed by atoms with Gasteiger partial charge in [-0.1, -0.05) is 0 Å². The van der Waals surface area contributed by atoms with E-state index >= 15 is 0 Å². The Bertz CT molecular complexity index is 533. The van der Waals surface area contributed by atoms with Gasteiger partial charge in [0.05, 0.1) is 6.20 Å². The molecule has 126 valence electrons. The predicted octanol–water partition coefficient (Wildman–Crippen LogP) is 0.724. The van der Waals surface area contributed by atoms with Crippen LogP contribution in [0.1, 0.15) is 33.6 Å². The number of rotatable bonds is 3. The molecule has 2 heterocycles. The van der Waals surface area contributed by atoms with Crippen LogP contribution in [-0.2, 0) is 9.59 Å². The summed E-state index contributed by atoms with van der Waals surface area (Å²) >= 11 is 0. The number of nitrogens with zero attached hydrogens (tertiary/aromatic N) is 3. The molecule has 1 aromatic rings. The van der Waals surface area contributed by atoms with E-state index in [1.165, 1.54) is 0 Å². The van der Waals surface area contributed by atoms with Gasteiger partial charge < -0.3 is 15.5 Å². The third kappa shape index (κ3) is 5.50. The lowest BCUT2D eigenvalue weighted by atomic mass is 9.97. The number of hydrogen-bond acceptors (Lipinski definition) is 5. The molecule has 0 spiro atoms. The van der Waals surface area contributed by atoms with Crippen LogP contribution in [0.4, 0.5) is 5.82 Å². The smallest absolute Gasteiger partial charge is 0.309 e. The molecule has 0 radical (unpaired) electrons. The Morgan fingerprint density at radius 1 is 1.22 bits per heavy atom. The average molecular weight is 319 g/mol. The zero-order valence-electron chi connectivity index (χ0n) is 14.0. The molecule has 1 fully saturated rings. The second kappa shape index (κ2) is 7.39. The number of hydrogen-bond donors (Lipinski definition) is 2. The van der Waals surface area contributed by atoms with E-state index in [4.69, 9.17) is 0 Å². The Kier molecular flexibility index (Phi) is 5.52. The molecule has 0 unspecified atom stereocenters. The number of aromatic nitrogens is 2. The van der Waals surface area contributed by atoms with Gasteiger partial charge >= 0.3 is 11.8 Å². The van der Waals surface area contributed by atoms with Crippen LogP contribution < -0.4 is 15.5 Å². The molecule has 23 heavy (non-hydrogen) atoms. The van der Waals surface area contributed by atoms with Gasteiger partial charge in [0.25, 0.3) is 0 Å². The van der Waals surface area contributed by atoms with E-state index in [2.05, 4.69) is 25.5 Å². The zero-order valence-corrected chi connectivity index (χ0v) is 14.0. The number of piperidine rings is 1. The molecule has 2 amide bonds. The molecule has 1 saturated heterocycles. The number of anilines is 1. The van der Waals surface area contributed by atoms with Crippen molar-refractivity contribution in [3.63, 3.8) is 0 Å². The van der Waals surface area contributed by atoms with Crippen molar-refractivity contribution in [2.24, 2.45) is 5.92 Å². The zero-order chi connectivity index (χ0) is 16.9. The SMILES string of the molecule is CC(C)(C)NC(=O)C(=O)NCC1CCN(c2cnccn2)CC1. The van der Waals surface area contributed by atoms with Gasteiger partial charge in [-0.05, 0) is 39.5 Å². The molecule has 2 rings (SSSR count). The number of carbonyl (C=O) groups excluding carboxylic acids is 2. The fourth-order valence-electron chi connectivity index (χ4n) is 2.54. The highest BCUT2D eigenvalue weighted by atomic mass is 16.2. The second-order valence-corrected chi connectivity index (χ2v) is 6.91. The highest BCUT2D eigenvalue weighted by Gasteiger charge is 2.23. The van der Waals surface area contributed by atoms with Crippen LogP contribution in [0.2, 0.25) is 0 Å². The van der Waals surface area contributed by atoms with Crippen molar-refractivity contribution in [2.45, 2.75) is 39.2 Å². The Hall–Kier alpha value is -2.18. The number of nitrogens with one attached hydrogen (secondary N) is 2. The van der Waals surface area contributed by atoms with Gasteiger partial charge in [-0.3, -0.25) is 14.6 Å². The van der Waals surface area contributed by atoms with Gasteiger partial charge in [0.1, 0.15) is 5.82 Å². The van der Waals surface area contributed by atoms with Crippen molar-refractivity contribution in [2.75, 3.05) is 24.5 Å². The summed E-state index contributed by atoms with van der Waals surface area (Å²) in [5.41, 5.74) is -0.406. The molecule has 0 aromatic carbocycles. The molecule has 1 aromatic heterocycles. The predicted molar refractivity (Wildman–Crippen MR) is 87.9 cm³/mol. The standard InChI is InChI=1S/C16H25N5O2/c1-16(2,3)20-15(23)14(22)19-10-12-4-8-21(9-5-12)13-11-17-6-7-18-13/h6-7,11-12H,4-5,8-10H2,1-3H3,(H,19,22)(H,20,23). The molecule has 0 atom stereocenters. The first-order chi connectivity index (χ1) is 10.8. The lowest BCUT2D eigenvalue weighted by Crippen LogP contribution is -2.49. The van der Waals surface area contributed by atoms with Crippen LogP contribution >= 0.6 is 0 Å². The van der Waals surface area contributed by atoms with Crippen LogP contribution in [0.5, 0.6) is 0 Å². The largest absolute Gasteiger partial charge is 0.355 e. The van der Waals surface area contributed by atoms with Gasteiger partial charge in [0.2, 0.25) is 0 Å². The monoisotopic (exact) mass is 319 g/mol. The van der Waals surface area contributed by atoms with Gasteiger partial charge in [-0.2, -0.15) is 0 Å². The summed E-state index contributed by atoms with van der Waals surface area (Å²) in [5.74, 6) is 0.139. The normalized spacial score (nSPS) is 16.0. The topological polar surface area (TPSA) is 87.2 Å². The molecule has 0 saturated carbocycles. The number of amides is 2. The highest BCUT2D eigenvalue weighted by Crippen LogP contribution is 2.20. The fourth-order valence-corrected chi connectivity index (χ4v) is 2.54. The minimum Gasteiger partial charge on any atom is -0.355 e. The van der Waals surface area contributed by atoms with Gasteiger partial charge in [-0.15, -0.1) is 0 Å². The summed E-state index contributed by atoms with van der Waals surface area (Å²) in [7, 11) is 0. The Labute approximate surface area is 136 Å². The first kappa shape index (κ1) is 17.2. The molecule has 0 bridgehead atoms. The van der Waals surface area contributed by atoms with Crippen molar-refractivity contribution in [1.29, 1.82) is 0 Å². The maximum absolute atomic E-state index is 11.8. The van der Waals surface area contributed by atoms with E-state index in [1.54, 1.807) is 18.6 Å². The molecule has 7 heteroatoms. The van der Waals surface area contributed by atoms with Crippen LogP contribution in [0, 0.1) is 5.92 Å². The van der Waals surface area contributed by atoms with E-state index in [9.17, 15) is 9.59 Å². The third-order valence-electron chi connectivity index (χ3n) is 3.73. The minimum absolute atomic E-state index is 0.384. The van der Waals surface area contributed by atoms with Gasteiger partial charge in [-0.25, -0.2) is 4.98 Å². The lowest BCUT2D eigenvalue weighted by molar-refractivity contribution is -0.140. The third-order valence-corrected chi connectivity index (χ3v) is 3.73. The van der Waals surface area contributed by atoms with E-state index in [1.807, 2.05) is 20.8 Å². The van der Waals surface area contributed by atoms with Crippen molar-refractivity contribution < 1.29 is 9.59 Å². The average Bonchev–Trinajstić information content (AvgIpc) is 2.52. The van der Waals surface area contributed by atoms with E-state index < -0.39 is 17.4 Å². The van der Waals surface area contributed by atoms with Crippen molar-refractivity contribution in [3.8, 4) is 0 Å². The molecule has 2 N–H and O–H groups in total. The first-order valence-electron chi connectivity index (χ1n) is 7.96. The van der Waals surface area contributed by atoms with Crippen molar-refractivity contribution in [3.05, 3.63) is 18.6 Å². The van der Waals surface area contributed by atoms with Gasteiger partial charge in [0.15, 0.2) is 0 Å². The van der Waals surface area contributed by atoms with Crippen LogP contribution in [0.3, 0.4) is 0 Å². The molecule has 7 nitrogen and oxygen atoms in total. The Morgan fingerprint density at radius 3 is 2.48 bits per heavy atom. The first-order valence-corrected chi connectivity index (χ1v) is 7.96. The lowest BCUT2D eigenvalue weighted by Gasteiger charge is -2.32. The fraction of sp³-hybridized carbons (Fsp3) is 0.625. The van der Waals surface area contributed by atoms with Crippen LogP contribution in [0.15, 0.2) is 18.6 Å². The molecular weight excluding hydrogens is 294 g/mol. The Morgan fingerprint density at radius 2 is 1.91 bits per heavy atom.